The number of aryl methyl sites for hydroxylation is 1. The molecule has 1 amide bonds. The van der Waals surface area contributed by atoms with E-state index in [0.29, 0.717) is 25.1 Å². The number of halogens is 3. The second kappa shape index (κ2) is 5.11. The van der Waals surface area contributed by atoms with E-state index in [9.17, 15) is 18.0 Å². The van der Waals surface area contributed by atoms with Gasteiger partial charge in [-0.3, -0.25) is 9.48 Å². The molecule has 0 fully saturated rings. The normalized spacial score (nSPS) is 14.8. The molecule has 0 saturated heterocycles. The van der Waals surface area contributed by atoms with Crippen molar-refractivity contribution < 1.29 is 18.0 Å². The second-order valence-corrected chi connectivity index (χ2v) is 5.10. The van der Waals surface area contributed by atoms with Crippen LogP contribution in [0.25, 0.3) is 0 Å². The average molecular weight is 310 g/mol. The Kier molecular flexibility index (Phi) is 3.38. The average Bonchev–Trinajstić information content (AvgIpc) is 2.91. The molecule has 0 radical (unpaired) electrons. The van der Waals surface area contributed by atoms with Crippen molar-refractivity contribution in [3.63, 3.8) is 0 Å². The van der Waals surface area contributed by atoms with Gasteiger partial charge in [0.2, 0.25) is 5.82 Å². The number of fused-ring (bicyclic) bond motifs is 1. The molecule has 0 saturated carbocycles. The van der Waals surface area contributed by atoms with E-state index in [4.69, 9.17) is 0 Å². The fraction of sp³-hybridized carbons (Fsp3) is 0.357. The van der Waals surface area contributed by atoms with Crippen LogP contribution in [0.5, 0.6) is 0 Å². The van der Waals surface area contributed by atoms with E-state index < -0.39 is 17.6 Å². The minimum Gasteiger partial charge on any atom is -0.305 e. The highest BCUT2D eigenvalue weighted by Gasteiger charge is 2.37. The lowest BCUT2D eigenvalue weighted by Gasteiger charge is -2.30. The van der Waals surface area contributed by atoms with Crippen LogP contribution in [0.2, 0.25) is 0 Å². The van der Waals surface area contributed by atoms with Crippen molar-refractivity contribution in [3.8, 4) is 0 Å². The van der Waals surface area contributed by atoms with Crippen molar-refractivity contribution in [1.82, 2.24) is 14.8 Å². The Hall–Kier alpha value is -2.38. The Balaban J connectivity index is 2.04. The van der Waals surface area contributed by atoms with Crippen LogP contribution in [0, 0.1) is 0 Å². The van der Waals surface area contributed by atoms with Gasteiger partial charge in [-0.15, -0.1) is 5.10 Å². The van der Waals surface area contributed by atoms with Crippen LogP contribution >= 0.6 is 0 Å². The Morgan fingerprint density at radius 2 is 2.09 bits per heavy atom. The summed E-state index contributed by atoms with van der Waals surface area (Å²) >= 11 is 0. The summed E-state index contributed by atoms with van der Waals surface area (Å²) in [7, 11) is 1.62. The molecule has 0 aliphatic carbocycles. The lowest BCUT2D eigenvalue weighted by Crippen LogP contribution is -2.37. The maximum absolute atomic E-state index is 13.1. The summed E-state index contributed by atoms with van der Waals surface area (Å²) in [5, 5.41) is 3.92. The molecule has 0 spiro atoms. The molecule has 8 heteroatoms. The van der Waals surface area contributed by atoms with E-state index in [0.717, 1.165) is 6.07 Å². The van der Waals surface area contributed by atoms with Gasteiger partial charge < -0.3 is 4.90 Å². The Morgan fingerprint density at radius 1 is 1.32 bits per heavy atom. The summed E-state index contributed by atoms with van der Waals surface area (Å²) in [6, 6.07) is 3.90. The fourth-order valence-electron chi connectivity index (χ4n) is 2.66. The highest BCUT2D eigenvalue weighted by molar-refractivity contribution is 6.04. The lowest BCUT2D eigenvalue weighted by molar-refractivity contribution is -0.138. The SMILES string of the molecule is Cn1cnc(C(=O)N2CCCc3c2cccc3C(F)(F)F)n1. The zero-order chi connectivity index (χ0) is 15.9. The van der Waals surface area contributed by atoms with Crippen molar-refractivity contribution >= 4 is 11.6 Å². The summed E-state index contributed by atoms with van der Waals surface area (Å²) in [6.45, 7) is 0.353. The first-order valence-electron chi connectivity index (χ1n) is 6.74. The van der Waals surface area contributed by atoms with Gasteiger partial charge in [0.15, 0.2) is 0 Å². The summed E-state index contributed by atoms with van der Waals surface area (Å²) in [6.07, 6.45) is -2.28. The molecule has 0 N–H and O–H groups in total. The van der Waals surface area contributed by atoms with Gasteiger partial charge in [-0.2, -0.15) is 13.2 Å². The van der Waals surface area contributed by atoms with Crippen molar-refractivity contribution in [1.29, 1.82) is 0 Å². The molecular formula is C14H13F3N4O. The van der Waals surface area contributed by atoms with E-state index in [1.54, 1.807) is 7.05 Å². The first-order chi connectivity index (χ1) is 10.4. The summed E-state index contributed by atoms with van der Waals surface area (Å²) in [5.41, 5.74) is -0.236. The predicted octanol–water partition coefficient (Wildman–Crippen LogP) is 2.43. The van der Waals surface area contributed by atoms with Gasteiger partial charge in [0, 0.05) is 19.3 Å². The van der Waals surface area contributed by atoms with Crippen molar-refractivity contribution in [2.24, 2.45) is 7.05 Å². The zero-order valence-electron chi connectivity index (χ0n) is 11.8. The largest absolute Gasteiger partial charge is 0.416 e. The van der Waals surface area contributed by atoms with Crippen LogP contribution in [0.3, 0.4) is 0 Å². The molecule has 5 nitrogen and oxygen atoms in total. The number of hydrogen-bond acceptors (Lipinski definition) is 3. The number of carbonyl (C=O) groups is 1. The van der Waals surface area contributed by atoms with Crippen LogP contribution in [0.1, 0.15) is 28.2 Å². The monoisotopic (exact) mass is 310 g/mol. The standard InChI is InChI=1S/C14H13F3N4O/c1-20-8-18-12(19-20)13(22)21-7-3-4-9-10(14(15,16)17)5-2-6-11(9)21/h2,5-6,8H,3-4,7H2,1H3. The molecule has 1 aliphatic heterocycles. The number of nitrogens with zero attached hydrogens (tertiary/aromatic N) is 4. The third-order valence-electron chi connectivity index (χ3n) is 3.59. The molecule has 2 aromatic rings. The van der Waals surface area contributed by atoms with Gasteiger partial charge in [-0.25, -0.2) is 4.98 Å². The second-order valence-electron chi connectivity index (χ2n) is 5.10. The van der Waals surface area contributed by atoms with E-state index in [2.05, 4.69) is 10.1 Å². The molecule has 0 atom stereocenters. The first kappa shape index (κ1) is 14.6. The molecule has 22 heavy (non-hydrogen) atoms. The molecule has 116 valence electrons. The van der Waals surface area contributed by atoms with Crippen molar-refractivity contribution in [3.05, 3.63) is 41.5 Å². The Morgan fingerprint density at radius 3 is 2.73 bits per heavy atom. The minimum atomic E-state index is -4.43. The number of carbonyl (C=O) groups excluding carboxylic acids is 1. The molecule has 3 rings (SSSR count). The van der Waals surface area contributed by atoms with Gasteiger partial charge in [-0.05, 0) is 30.5 Å². The van der Waals surface area contributed by atoms with Crippen LogP contribution in [-0.2, 0) is 19.6 Å². The van der Waals surface area contributed by atoms with Gasteiger partial charge in [-0.1, -0.05) is 6.07 Å². The predicted molar refractivity (Wildman–Crippen MR) is 72.4 cm³/mol. The highest BCUT2D eigenvalue weighted by atomic mass is 19.4. The van der Waals surface area contributed by atoms with E-state index in [1.807, 2.05) is 0 Å². The van der Waals surface area contributed by atoms with Crippen LogP contribution in [0.15, 0.2) is 24.5 Å². The van der Waals surface area contributed by atoms with Crippen LogP contribution in [0.4, 0.5) is 18.9 Å². The number of aromatic nitrogens is 3. The molecule has 1 aromatic heterocycles. The zero-order valence-corrected chi connectivity index (χ0v) is 11.8. The quantitative estimate of drug-likeness (QED) is 0.813. The maximum Gasteiger partial charge on any atom is 0.416 e. The number of anilines is 1. The van der Waals surface area contributed by atoms with Crippen LogP contribution < -0.4 is 4.90 Å². The lowest BCUT2D eigenvalue weighted by atomic mass is 9.96. The van der Waals surface area contributed by atoms with Crippen LogP contribution in [-0.4, -0.2) is 27.2 Å². The Bertz CT molecular complexity index is 723. The van der Waals surface area contributed by atoms with E-state index >= 15 is 0 Å². The van der Waals surface area contributed by atoms with Gasteiger partial charge in [0.1, 0.15) is 6.33 Å². The molecule has 0 unspecified atom stereocenters. The number of amides is 1. The molecule has 0 bridgehead atoms. The smallest absolute Gasteiger partial charge is 0.305 e. The summed E-state index contributed by atoms with van der Waals surface area (Å²) < 4.78 is 40.7. The van der Waals surface area contributed by atoms with E-state index in [1.165, 1.54) is 28.0 Å². The summed E-state index contributed by atoms with van der Waals surface area (Å²) in [4.78, 5) is 17.6. The third-order valence-corrected chi connectivity index (χ3v) is 3.59. The molecule has 1 aromatic carbocycles. The number of rotatable bonds is 1. The number of hydrogen-bond donors (Lipinski definition) is 0. The topological polar surface area (TPSA) is 51.0 Å². The third kappa shape index (κ3) is 2.44. The van der Waals surface area contributed by atoms with Crippen molar-refractivity contribution in [2.45, 2.75) is 19.0 Å². The first-order valence-corrected chi connectivity index (χ1v) is 6.74. The molecule has 1 aliphatic rings. The molecule has 2 heterocycles. The maximum atomic E-state index is 13.1. The number of alkyl halides is 3. The number of benzene rings is 1. The minimum absolute atomic E-state index is 0.0206. The van der Waals surface area contributed by atoms with Crippen molar-refractivity contribution in [2.75, 3.05) is 11.4 Å². The van der Waals surface area contributed by atoms with Gasteiger partial charge >= 0.3 is 6.18 Å². The fourth-order valence-corrected chi connectivity index (χ4v) is 2.66. The molecular weight excluding hydrogens is 297 g/mol. The van der Waals surface area contributed by atoms with Gasteiger partial charge in [0.05, 0.1) is 5.56 Å². The van der Waals surface area contributed by atoms with Gasteiger partial charge in [0.25, 0.3) is 5.91 Å². The Labute approximate surface area is 124 Å². The van der Waals surface area contributed by atoms with E-state index in [-0.39, 0.29) is 11.4 Å². The highest BCUT2D eigenvalue weighted by Crippen LogP contribution is 2.39. The summed E-state index contributed by atoms with van der Waals surface area (Å²) in [5.74, 6) is -0.506.